The SMILES string of the molecule is Cc1ccc(NC(=S)Nc2ccccc2I)cc1C. The predicted octanol–water partition coefficient (Wildman–Crippen LogP) is 4.72. The minimum atomic E-state index is 0.604. The van der Waals surface area contributed by atoms with Gasteiger partial charge in [0.1, 0.15) is 0 Å². The molecule has 0 saturated carbocycles. The van der Waals surface area contributed by atoms with E-state index in [2.05, 4.69) is 59.2 Å². The number of nitrogens with one attached hydrogen (secondary N) is 2. The molecule has 0 bridgehead atoms. The molecule has 0 saturated heterocycles. The first-order chi connectivity index (χ1) is 9.06. The maximum Gasteiger partial charge on any atom is 0.175 e. The first-order valence-electron chi connectivity index (χ1n) is 5.96. The van der Waals surface area contributed by atoms with Gasteiger partial charge in [-0.1, -0.05) is 18.2 Å². The summed E-state index contributed by atoms with van der Waals surface area (Å²) in [6.45, 7) is 4.19. The number of anilines is 2. The van der Waals surface area contributed by atoms with Crippen LogP contribution in [0.1, 0.15) is 11.1 Å². The van der Waals surface area contributed by atoms with E-state index in [0.717, 1.165) is 14.9 Å². The van der Waals surface area contributed by atoms with Crippen molar-refractivity contribution in [2.45, 2.75) is 13.8 Å². The summed E-state index contributed by atoms with van der Waals surface area (Å²) in [4.78, 5) is 0. The van der Waals surface area contributed by atoms with Crippen LogP contribution in [0.25, 0.3) is 0 Å². The van der Waals surface area contributed by atoms with E-state index in [1.54, 1.807) is 0 Å². The summed E-state index contributed by atoms with van der Waals surface area (Å²) in [6.07, 6.45) is 0. The van der Waals surface area contributed by atoms with Gasteiger partial charge in [0.25, 0.3) is 0 Å². The molecule has 19 heavy (non-hydrogen) atoms. The second-order valence-electron chi connectivity index (χ2n) is 4.36. The molecule has 0 aliphatic rings. The monoisotopic (exact) mass is 382 g/mol. The smallest absolute Gasteiger partial charge is 0.175 e. The Hall–Kier alpha value is -1.14. The van der Waals surface area contributed by atoms with Gasteiger partial charge in [-0.3, -0.25) is 0 Å². The van der Waals surface area contributed by atoms with Gasteiger partial charge in [0.05, 0.1) is 5.69 Å². The van der Waals surface area contributed by atoms with Crippen LogP contribution in [0.4, 0.5) is 11.4 Å². The molecule has 0 heterocycles. The Morgan fingerprint density at radius 2 is 1.74 bits per heavy atom. The summed E-state index contributed by atoms with van der Waals surface area (Å²) in [5, 5.41) is 7.01. The minimum absolute atomic E-state index is 0.604. The van der Waals surface area contributed by atoms with Crippen LogP contribution in [0, 0.1) is 17.4 Å². The molecule has 0 amide bonds. The molecule has 98 valence electrons. The van der Waals surface area contributed by atoms with Crippen LogP contribution in [-0.4, -0.2) is 5.11 Å². The molecule has 4 heteroatoms. The summed E-state index contributed by atoms with van der Waals surface area (Å²) in [5.74, 6) is 0. The van der Waals surface area contributed by atoms with Crippen LogP contribution in [0.5, 0.6) is 0 Å². The van der Waals surface area contributed by atoms with E-state index in [4.69, 9.17) is 12.2 Å². The molecule has 0 atom stereocenters. The van der Waals surface area contributed by atoms with Crippen LogP contribution in [-0.2, 0) is 0 Å². The molecule has 0 unspecified atom stereocenters. The molecule has 0 radical (unpaired) electrons. The Kier molecular flexibility index (Phi) is 4.76. The number of hydrogen-bond acceptors (Lipinski definition) is 1. The number of benzene rings is 2. The van der Waals surface area contributed by atoms with Gasteiger partial charge >= 0.3 is 0 Å². The normalized spacial score (nSPS) is 10.1. The summed E-state index contributed by atoms with van der Waals surface area (Å²) in [7, 11) is 0. The maximum absolute atomic E-state index is 5.33. The van der Waals surface area contributed by atoms with Crippen molar-refractivity contribution in [3.63, 3.8) is 0 Å². The molecular weight excluding hydrogens is 367 g/mol. The summed E-state index contributed by atoms with van der Waals surface area (Å²) in [6, 6.07) is 14.3. The van der Waals surface area contributed by atoms with Crippen molar-refractivity contribution in [2.75, 3.05) is 10.6 Å². The third-order valence-corrected chi connectivity index (χ3v) is 4.03. The van der Waals surface area contributed by atoms with E-state index in [1.807, 2.05) is 30.3 Å². The summed E-state index contributed by atoms with van der Waals surface area (Å²) < 4.78 is 1.14. The summed E-state index contributed by atoms with van der Waals surface area (Å²) in [5.41, 5.74) is 4.56. The second kappa shape index (κ2) is 6.34. The van der Waals surface area contributed by atoms with Crippen LogP contribution in [0.2, 0.25) is 0 Å². The quantitative estimate of drug-likeness (QED) is 0.581. The van der Waals surface area contributed by atoms with Crippen molar-refractivity contribution in [3.8, 4) is 0 Å². The lowest BCUT2D eigenvalue weighted by Gasteiger charge is -2.12. The fourth-order valence-electron chi connectivity index (χ4n) is 1.67. The minimum Gasteiger partial charge on any atom is -0.332 e. The van der Waals surface area contributed by atoms with Gasteiger partial charge in [-0.05, 0) is 84.0 Å². The Labute approximate surface area is 132 Å². The Morgan fingerprint density at radius 3 is 2.42 bits per heavy atom. The zero-order chi connectivity index (χ0) is 13.8. The van der Waals surface area contributed by atoms with Crippen LogP contribution in [0.3, 0.4) is 0 Å². The Morgan fingerprint density at radius 1 is 1.00 bits per heavy atom. The van der Waals surface area contributed by atoms with E-state index in [0.29, 0.717) is 5.11 Å². The number of para-hydroxylation sites is 1. The number of hydrogen-bond donors (Lipinski definition) is 2. The zero-order valence-electron chi connectivity index (χ0n) is 10.8. The molecule has 2 nitrogen and oxygen atoms in total. The molecule has 2 rings (SSSR count). The third-order valence-electron chi connectivity index (χ3n) is 2.89. The van der Waals surface area contributed by atoms with E-state index in [9.17, 15) is 0 Å². The fraction of sp³-hybridized carbons (Fsp3) is 0.133. The zero-order valence-corrected chi connectivity index (χ0v) is 13.8. The molecule has 0 aliphatic carbocycles. The van der Waals surface area contributed by atoms with Gasteiger partial charge in [0.2, 0.25) is 0 Å². The van der Waals surface area contributed by atoms with Gasteiger partial charge in [0, 0.05) is 9.26 Å². The van der Waals surface area contributed by atoms with Crippen molar-refractivity contribution in [2.24, 2.45) is 0 Å². The van der Waals surface area contributed by atoms with E-state index in [1.165, 1.54) is 11.1 Å². The van der Waals surface area contributed by atoms with E-state index < -0.39 is 0 Å². The number of rotatable bonds is 2. The van der Waals surface area contributed by atoms with Crippen molar-refractivity contribution < 1.29 is 0 Å². The molecular formula is C15H15IN2S. The highest BCUT2D eigenvalue weighted by atomic mass is 127. The largest absolute Gasteiger partial charge is 0.332 e. The van der Waals surface area contributed by atoms with Crippen LogP contribution >= 0.6 is 34.8 Å². The van der Waals surface area contributed by atoms with Gasteiger partial charge in [-0.25, -0.2) is 0 Å². The lowest BCUT2D eigenvalue weighted by Crippen LogP contribution is -2.19. The lowest BCUT2D eigenvalue weighted by atomic mass is 10.1. The highest BCUT2D eigenvalue weighted by Gasteiger charge is 2.02. The standard InChI is InChI=1S/C15H15IN2S/c1-10-7-8-12(9-11(10)2)17-15(19)18-14-6-4-3-5-13(14)16/h3-9H,1-2H3,(H2,17,18,19). The number of aryl methyl sites for hydroxylation is 2. The summed E-state index contributed by atoms with van der Waals surface area (Å²) >= 11 is 7.61. The average molecular weight is 382 g/mol. The Bertz CT molecular complexity index is 611. The van der Waals surface area contributed by atoms with Crippen molar-refractivity contribution in [1.82, 2.24) is 0 Å². The molecule has 0 aliphatic heterocycles. The lowest BCUT2D eigenvalue weighted by molar-refractivity contribution is 1.34. The maximum atomic E-state index is 5.33. The molecule has 0 aromatic heterocycles. The topological polar surface area (TPSA) is 24.1 Å². The van der Waals surface area contributed by atoms with E-state index >= 15 is 0 Å². The number of thiocarbonyl (C=S) groups is 1. The third kappa shape index (κ3) is 3.91. The molecule has 2 N–H and O–H groups in total. The molecule has 2 aromatic carbocycles. The van der Waals surface area contributed by atoms with Gasteiger partial charge < -0.3 is 10.6 Å². The molecule has 2 aromatic rings. The van der Waals surface area contributed by atoms with E-state index in [-0.39, 0.29) is 0 Å². The van der Waals surface area contributed by atoms with Crippen LogP contribution in [0.15, 0.2) is 42.5 Å². The predicted molar refractivity (Wildman–Crippen MR) is 94.9 cm³/mol. The Balaban J connectivity index is 2.05. The second-order valence-corrected chi connectivity index (χ2v) is 5.93. The van der Waals surface area contributed by atoms with Gasteiger partial charge in [-0.2, -0.15) is 0 Å². The van der Waals surface area contributed by atoms with Crippen molar-refractivity contribution in [3.05, 3.63) is 57.2 Å². The fourth-order valence-corrected chi connectivity index (χ4v) is 2.42. The van der Waals surface area contributed by atoms with Crippen LogP contribution < -0.4 is 10.6 Å². The van der Waals surface area contributed by atoms with Crippen molar-refractivity contribution in [1.29, 1.82) is 0 Å². The number of halogens is 1. The highest BCUT2D eigenvalue weighted by molar-refractivity contribution is 14.1. The molecule has 0 spiro atoms. The van der Waals surface area contributed by atoms with Gasteiger partial charge in [0.15, 0.2) is 5.11 Å². The van der Waals surface area contributed by atoms with Gasteiger partial charge in [-0.15, -0.1) is 0 Å². The molecule has 0 fully saturated rings. The highest BCUT2D eigenvalue weighted by Crippen LogP contribution is 2.18. The van der Waals surface area contributed by atoms with Crippen molar-refractivity contribution >= 4 is 51.3 Å². The average Bonchev–Trinajstić information content (AvgIpc) is 2.37. The first-order valence-corrected chi connectivity index (χ1v) is 7.45. The first kappa shape index (κ1) is 14.3.